The van der Waals surface area contributed by atoms with Crippen molar-refractivity contribution in [3.05, 3.63) is 106 Å². The molecule has 5 aromatic rings. The van der Waals surface area contributed by atoms with E-state index in [-0.39, 0.29) is 0 Å². The number of aromatic nitrogens is 3. The number of fused-ring (bicyclic) bond motifs is 1. The maximum atomic E-state index is 12.6. The molecule has 0 atom stereocenters. The number of benzene rings is 3. The van der Waals surface area contributed by atoms with Gasteiger partial charge in [0.15, 0.2) is 0 Å². The minimum absolute atomic E-state index is 0.292. The van der Waals surface area contributed by atoms with Crippen molar-refractivity contribution < 1.29 is 9.53 Å². The number of para-hydroxylation sites is 2. The molecule has 0 spiro atoms. The van der Waals surface area contributed by atoms with Crippen molar-refractivity contribution in [3.63, 3.8) is 0 Å². The Morgan fingerprint density at radius 2 is 1.86 bits per heavy atom. The van der Waals surface area contributed by atoms with Gasteiger partial charge in [-0.1, -0.05) is 54.1 Å². The van der Waals surface area contributed by atoms with Gasteiger partial charge in [0.25, 0.3) is 5.91 Å². The van der Waals surface area contributed by atoms with E-state index in [1.54, 1.807) is 12.3 Å². The third kappa shape index (κ3) is 4.95. The fourth-order valence-electron chi connectivity index (χ4n) is 3.80. The molecule has 0 saturated carbocycles. The van der Waals surface area contributed by atoms with Gasteiger partial charge in [0.05, 0.1) is 11.9 Å². The SMILES string of the molecule is Cc1[nH]c2ccccc2c1/C=N\NC(=O)c1cc(-c2ccccc2OCc2ccc(Cl)cc2)n[nH]1. The number of halogens is 1. The number of carbonyl (C=O) groups excluding carboxylic acids is 1. The summed E-state index contributed by atoms with van der Waals surface area (Å²) in [6.45, 7) is 2.35. The van der Waals surface area contributed by atoms with Gasteiger partial charge < -0.3 is 9.72 Å². The summed E-state index contributed by atoms with van der Waals surface area (Å²) in [6, 6.07) is 24.7. The van der Waals surface area contributed by atoms with E-state index in [4.69, 9.17) is 16.3 Å². The van der Waals surface area contributed by atoms with Gasteiger partial charge in [-0.3, -0.25) is 9.89 Å². The zero-order valence-electron chi connectivity index (χ0n) is 18.9. The Hall–Kier alpha value is -4.36. The van der Waals surface area contributed by atoms with Crippen molar-refractivity contribution in [2.24, 2.45) is 5.10 Å². The quantitative estimate of drug-likeness (QED) is 0.200. The summed E-state index contributed by atoms with van der Waals surface area (Å²) in [4.78, 5) is 16.0. The van der Waals surface area contributed by atoms with Crippen LogP contribution in [0.25, 0.3) is 22.2 Å². The summed E-state index contributed by atoms with van der Waals surface area (Å²) in [5, 5.41) is 13.0. The van der Waals surface area contributed by atoms with Crippen LogP contribution < -0.4 is 10.2 Å². The Kier molecular flexibility index (Phi) is 6.32. The second-order valence-corrected chi connectivity index (χ2v) is 8.42. The summed E-state index contributed by atoms with van der Waals surface area (Å²) in [7, 11) is 0. The highest BCUT2D eigenvalue weighted by Crippen LogP contribution is 2.29. The fourth-order valence-corrected chi connectivity index (χ4v) is 3.93. The number of aryl methyl sites for hydroxylation is 1. The van der Waals surface area contributed by atoms with Gasteiger partial charge in [-0.15, -0.1) is 0 Å². The maximum absolute atomic E-state index is 12.6. The molecule has 5 rings (SSSR count). The van der Waals surface area contributed by atoms with Gasteiger partial charge >= 0.3 is 0 Å². The normalized spacial score (nSPS) is 11.3. The Morgan fingerprint density at radius 1 is 1.09 bits per heavy atom. The number of nitrogens with one attached hydrogen (secondary N) is 3. The first kappa shape index (κ1) is 22.4. The van der Waals surface area contributed by atoms with E-state index < -0.39 is 5.91 Å². The Bertz CT molecular complexity index is 1520. The number of hydrogen-bond donors (Lipinski definition) is 3. The van der Waals surface area contributed by atoms with E-state index in [9.17, 15) is 4.79 Å². The first-order valence-corrected chi connectivity index (χ1v) is 11.4. The van der Waals surface area contributed by atoms with Crippen molar-refractivity contribution >= 4 is 34.6 Å². The Balaban J connectivity index is 1.28. The first-order valence-electron chi connectivity index (χ1n) is 11.0. The monoisotopic (exact) mass is 483 g/mol. The van der Waals surface area contributed by atoms with E-state index in [0.717, 1.165) is 33.3 Å². The molecule has 3 aromatic carbocycles. The molecule has 0 aliphatic carbocycles. The molecule has 2 heterocycles. The minimum atomic E-state index is -0.392. The van der Waals surface area contributed by atoms with Crippen molar-refractivity contribution in [2.75, 3.05) is 0 Å². The highest BCUT2D eigenvalue weighted by atomic mass is 35.5. The van der Waals surface area contributed by atoms with Crippen LogP contribution in [0.4, 0.5) is 0 Å². The molecular formula is C27H22ClN5O2. The number of ether oxygens (including phenoxy) is 1. The second-order valence-electron chi connectivity index (χ2n) is 7.99. The van der Waals surface area contributed by atoms with E-state index in [0.29, 0.717) is 28.8 Å². The minimum Gasteiger partial charge on any atom is -0.488 e. The van der Waals surface area contributed by atoms with Crippen molar-refractivity contribution in [2.45, 2.75) is 13.5 Å². The molecule has 0 bridgehead atoms. The van der Waals surface area contributed by atoms with Crippen molar-refractivity contribution in [3.8, 4) is 17.0 Å². The molecule has 0 unspecified atom stereocenters. The van der Waals surface area contributed by atoms with E-state index in [2.05, 4.69) is 25.7 Å². The number of H-pyrrole nitrogens is 2. The number of aromatic amines is 2. The fraction of sp³-hybridized carbons (Fsp3) is 0.0741. The molecule has 3 N–H and O–H groups in total. The van der Waals surface area contributed by atoms with Gasteiger partial charge in [0.2, 0.25) is 0 Å². The summed E-state index contributed by atoms with van der Waals surface area (Å²) in [5.41, 5.74) is 8.14. The molecule has 2 aromatic heterocycles. The molecule has 0 aliphatic heterocycles. The highest BCUT2D eigenvalue weighted by molar-refractivity contribution is 6.30. The van der Waals surface area contributed by atoms with Gasteiger partial charge in [0, 0.05) is 32.7 Å². The lowest BCUT2D eigenvalue weighted by Gasteiger charge is -2.10. The van der Waals surface area contributed by atoms with E-state index >= 15 is 0 Å². The van der Waals surface area contributed by atoms with Crippen LogP contribution in [0.5, 0.6) is 5.75 Å². The van der Waals surface area contributed by atoms with Crippen LogP contribution in [0.3, 0.4) is 0 Å². The lowest BCUT2D eigenvalue weighted by Crippen LogP contribution is -2.18. The third-order valence-corrected chi connectivity index (χ3v) is 5.85. The molecule has 35 heavy (non-hydrogen) atoms. The third-order valence-electron chi connectivity index (χ3n) is 5.60. The van der Waals surface area contributed by atoms with E-state index in [1.807, 2.05) is 79.7 Å². The standard InChI is InChI=1S/C27H22ClN5O2/c1-17-22(20-6-2-4-8-23(20)30-17)15-29-33-27(34)25-14-24(31-32-25)21-7-3-5-9-26(21)35-16-18-10-12-19(28)13-11-18/h2-15,30H,16H2,1H3,(H,31,32)(H,33,34)/b29-15-. The molecule has 1 amide bonds. The number of hydrazone groups is 1. The number of nitrogens with zero attached hydrogens (tertiary/aromatic N) is 2. The number of hydrogen-bond acceptors (Lipinski definition) is 4. The summed E-state index contributed by atoms with van der Waals surface area (Å²) >= 11 is 5.95. The molecule has 0 radical (unpaired) electrons. The molecule has 0 aliphatic rings. The average molecular weight is 484 g/mol. The summed E-state index contributed by atoms with van der Waals surface area (Å²) in [5.74, 6) is 0.269. The van der Waals surface area contributed by atoms with Crippen molar-refractivity contribution in [1.29, 1.82) is 0 Å². The first-order chi connectivity index (χ1) is 17.1. The lowest BCUT2D eigenvalue weighted by atomic mass is 10.1. The van der Waals surface area contributed by atoms with Gasteiger partial charge in [-0.2, -0.15) is 10.2 Å². The van der Waals surface area contributed by atoms with Crippen LogP contribution in [0, 0.1) is 6.92 Å². The van der Waals surface area contributed by atoms with Gasteiger partial charge in [-0.25, -0.2) is 5.43 Å². The highest BCUT2D eigenvalue weighted by Gasteiger charge is 2.14. The molecule has 8 heteroatoms. The number of carbonyl (C=O) groups is 1. The largest absolute Gasteiger partial charge is 0.488 e. The lowest BCUT2D eigenvalue weighted by molar-refractivity contribution is 0.0950. The van der Waals surface area contributed by atoms with Crippen LogP contribution in [-0.2, 0) is 6.61 Å². The average Bonchev–Trinajstić information content (AvgIpc) is 3.49. The predicted octanol–water partition coefficient (Wildman–Crippen LogP) is 5.86. The predicted molar refractivity (Wildman–Crippen MR) is 138 cm³/mol. The number of rotatable bonds is 7. The topological polar surface area (TPSA) is 95.2 Å². The molecule has 7 nitrogen and oxygen atoms in total. The van der Waals surface area contributed by atoms with Gasteiger partial charge in [-0.05, 0) is 48.9 Å². The van der Waals surface area contributed by atoms with Crippen LogP contribution >= 0.6 is 11.6 Å². The number of amides is 1. The Morgan fingerprint density at radius 3 is 2.71 bits per heavy atom. The molecule has 0 saturated heterocycles. The smallest absolute Gasteiger partial charge is 0.289 e. The summed E-state index contributed by atoms with van der Waals surface area (Å²) < 4.78 is 6.02. The Labute approximate surface area is 206 Å². The van der Waals surface area contributed by atoms with Crippen LogP contribution in [0.15, 0.2) is 84.0 Å². The molecule has 174 valence electrons. The van der Waals surface area contributed by atoms with Crippen LogP contribution in [-0.4, -0.2) is 27.3 Å². The van der Waals surface area contributed by atoms with E-state index in [1.165, 1.54) is 0 Å². The maximum Gasteiger partial charge on any atom is 0.289 e. The molecular weight excluding hydrogens is 462 g/mol. The zero-order chi connectivity index (χ0) is 24.2. The van der Waals surface area contributed by atoms with Crippen molar-refractivity contribution in [1.82, 2.24) is 20.6 Å². The molecule has 0 fully saturated rings. The van der Waals surface area contributed by atoms with Crippen LogP contribution in [0.1, 0.15) is 27.3 Å². The second kappa shape index (κ2) is 9.87. The summed E-state index contributed by atoms with van der Waals surface area (Å²) in [6.07, 6.45) is 1.64. The zero-order valence-corrected chi connectivity index (χ0v) is 19.6. The van der Waals surface area contributed by atoms with Crippen LogP contribution in [0.2, 0.25) is 5.02 Å². The van der Waals surface area contributed by atoms with Gasteiger partial charge in [0.1, 0.15) is 18.1 Å².